The fourth-order valence-electron chi connectivity index (χ4n) is 2.61. The van der Waals surface area contributed by atoms with E-state index in [0.717, 1.165) is 37.7 Å². The molecule has 0 saturated carbocycles. The van der Waals surface area contributed by atoms with E-state index < -0.39 is 0 Å². The smallest absolute Gasteiger partial charge is 0.0426 e. The van der Waals surface area contributed by atoms with Crippen molar-refractivity contribution >= 4 is 28.6 Å². The highest BCUT2D eigenvalue weighted by Gasteiger charge is 2.18. The van der Waals surface area contributed by atoms with Gasteiger partial charge in [0, 0.05) is 48.3 Å². The number of nitrogens with zero attached hydrogens (tertiary/aromatic N) is 2. The van der Waals surface area contributed by atoms with E-state index in [-0.39, 0.29) is 0 Å². The molecule has 1 aliphatic rings. The van der Waals surface area contributed by atoms with E-state index in [0.29, 0.717) is 0 Å². The number of benzene rings is 1. The van der Waals surface area contributed by atoms with Gasteiger partial charge in [0.15, 0.2) is 0 Å². The van der Waals surface area contributed by atoms with Crippen molar-refractivity contribution in [1.29, 1.82) is 0 Å². The van der Waals surface area contributed by atoms with Crippen LogP contribution in [0, 0.1) is 6.92 Å². The molecule has 3 rings (SSSR count). The van der Waals surface area contributed by atoms with Crippen molar-refractivity contribution in [1.82, 2.24) is 4.90 Å². The maximum Gasteiger partial charge on any atom is 0.0426 e. The third kappa shape index (κ3) is 3.17. The topological polar surface area (TPSA) is 6.48 Å². The van der Waals surface area contributed by atoms with Crippen LogP contribution >= 0.6 is 22.9 Å². The van der Waals surface area contributed by atoms with Crippen LogP contribution in [0.5, 0.6) is 0 Å². The molecule has 1 fully saturated rings. The monoisotopic (exact) mass is 306 g/mol. The quantitative estimate of drug-likeness (QED) is 0.844. The predicted octanol–water partition coefficient (Wildman–Crippen LogP) is 4.03. The van der Waals surface area contributed by atoms with E-state index >= 15 is 0 Å². The largest absolute Gasteiger partial charge is 0.369 e. The fraction of sp³-hybridized carbons (Fsp3) is 0.375. The van der Waals surface area contributed by atoms with Gasteiger partial charge >= 0.3 is 0 Å². The first-order valence-electron chi connectivity index (χ1n) is 6.98. The van der Waals surface area contributed by atoms with Crippen LogP contribution in [0.1, 0.15) is 10.4 Å². The molecule has 20 heavy (non-hydrogen) atoms. The Hall–Kier alpha value is -1.03. The summed E-state index contributed by atoms with van der Waals surface area (Å²) in [5.41, 5.74) is 2.66. The Morgan fingerprint density at radius 3 is 2.60 bits per heavy atom. The van der Waals surface area contributed by atoms with E-state index in [2.05, 4.69) is 40.3 Å². The zero-order valence-corrected chi connectivity index (χ0v) is 13.3. The summed E-state index contributed by atoms with van der Waals surface area (Å²) in [5, 5.41) is 3.01. The third-order valence-electron chi connectivity index (χ3n) is 3.88. The van der Waals surface area contributed by atoms with E-state index in [9.17, 15) is 0 Å². The molecule has 2 heterocycles. The molecule has 0 radical (unpaired) electrons. The lowest BCUT2D eigenvalue weighted by Crippen LogP contribution is -2.45. The van der Waals surface area contributed by atoms with Crippen molar-refractivity contribution in [3.63, 3.8) is 0 Å². The zero-order valence-electron chi connectivity index (χ0n) is 11.7. The first-order valence-corrected chi connectivity index (χ1v) is 8.24. The van der Waals surface area contributed by atoms with Crippen LogP contribution < -0.4 is 4.90 Å². The van der Waals surface area contributed by atoms with Crippen LogP contribution in [0.3, 0.4) is 0 Å². The Morgan fingerprint density at radius 1 is 1.15 bits per heavy atom. The molecule has 1 aromatic carbocycles. The van der Waals surface area contributed by atoms with E-state index in [1.807, 2.05) is 23.5 Å². The van der Waals surface area contributed by atoms with Gasteiger partial charge in [-0.3, -0.25) is 4.90 Å². The minimum Gasteiger partial charge on any atom is -0.369 e. The molecule has 0 unspecified atom stereocenters. The summed E-state index contributed by atoms with van der Waals surface area (Å²) >= 11 is 7.94. The van der Waals surface area contributed by atoms with Crippen LogP contribution in [-0.2, 0) is 6.54 Å². The Balaban J connectivity index is 1.58. The Kier molecular flexibility index (Phi) is 4.29. The summed E-state index contributed by atoms with van der Waals surface area (Å²) in [4.78, 5) is 6.46. The normalized spacial score (nSPS) is 16.6. The summed E-state index contributed by atoms with van der Waals surface area (Å²) in [6.07, 6.45) is 0. The average Bonchev–Trinajstić information content (AvgIpc) is 2.85. The lowest BCUT2D eigenvalue weighted by Gasteiger charge is -2.36. The molecule has 0 aliphatic carbocycles. The Morgan fingerprint density at radius 2 is 1.95 bits per heavy atom. The highest BCUT2D eigenvalue weighted by molar-refractivity contribution is 7.10. The number of piperazine rings is 1. The summed E-state index contributed by atoms with van der Waals surface area (Å²) in [6.45, 7) is 7.67. The molecule has 106 valence electrons. The van der Waals surface area contributed by atoms with Crippen molar-refractivity contribution < 1.29 is 0 Å². The van der Waals surface area contributed by atoms with Crippen molar-refractivity contribution in [2.24, 2.45) is 0 Å². The molecule has 1 saturated heterocycles. The van der Waals surface area contributed by atoms with Gasteiger partial charge in [-0.1, -0.05) is 17.7 Å². The number of hydrogen-bond acceptors (Lipinski definition) is 3. The molecule has 0 N–H and O–H groups in total. The number of rotatable bonds is 3. The number of thiophene rings is 1. The molecule has 0 spiro atoms. The molecule has 1 aromatic heterocycles. The second kappa shape index (κ2) is 6.17. The van der Waals surface area contributed by atoms with E-state index in [1.54, 1.807) is 0 Å². The summed E-state index contributed by atoms with van der Waals surface area (Å²) < 4.78 is 0. The predicted molar refractivity (Wildman–Crippen MR) is 88.0 cm³/mol. The lowest BCUT2D eigenvalue weighted by molar-refractivity contribution is 0.251. The Labute approximate surface area is 129 Å². The zero-order chi connectivity index (χ0) is 13.9. The van der Waals surface area contributed by atoms with Gasteiger partial charge in [-0.15, -0.1) is 11.3 Å². The number of halogens is 1. The maximum atomic E-state index is 6.07. The summed E-state index contributed by atoms with van der Waals surface area (Å²) in [5.74, 6) is 0. The molecule has 2 nitrogen and oxygen atoms in total. The van der Waals surface area contributed by atoms with Crippen molar-refractivity contribution in [2.45, 2.75) is 13.5 Å². The van der Waals surface area contributed by atoms with Gasteiger partial charge in [-0.25, -0.2) is 0 Å². The van der Waals surface area contributed by atoms with Gasteiger partial charge in [0.25, 0.3) is 0 Å². The van der Waals surface area contributed by atoms with E-state index in [4.69, 9.17) is 11.6 Å². The van der Waals surface area contributed by atoms with Crippen LogP contribution in [0.2, 0.25) is 5.02 Å². The molecular weight excluding hydrogens is 288 g/mol. The molecule has 4 heteroatoms. The van der Waals surface area contributed by atoms with Crippen LogP contribution in [0.4, 0.5) is 5.69 Å². The Bertz CT molecular complexity index is 573. The molecule has 1 aliphatic heterocycles. The average molecular weight is 307 g/mol. The molecule has 0 bridgehead atoms. The van der Waals surface area contributed by atoms with Crippen LogP contribution in [0.25, 0.3) is 0 Å². The first kappa shape index (κ1) is 13.9. The fourth-order valence-corrected chi connectivity index (χ4v) is 3.74. The SMILES string of the molecule is Cc1ccsc1CN1CCN(c2cccc(Cl)c2)CC1. The molecule has 0 atom stereocenters. The van der Waals surface area contributed by atoms with Crippen LogP contribution in [-0.4, -0.2) is 31.1 Å². The maximum absolute atomic E-state index is 6.07. The molecule has 0 amide bonds. The van der Waals surface area contributed by atoms with Crippen LogP contribution in [0.15, 0.2) is 35.7 Å². The van der Waals surface area contributed by atoms with Gasteiger partial charge in [0.1, 0.15) is 0 Å². The van der Waals surface area contributed by atoms with Gasteiger partial charge in [0.2, 0.25) is 0 Å². The molecular formula is C16H19ClN2S. The standard InChI is InChI=1S/C16H19ClN2S/c1-13-5-10-20-16(13)12-18-6-8-19(9-7-18)15-4-2-3-14(17)11-15/h2-5,10-11H,6-9,12H2,1H3. The number of aryl methyl sites for hydroxylation is 1. The second-order valence-corrected chi connectivity index (χ2v) is 6.71. The van der Waals surface area contributed by atoms with Gasteiger partial charge in [-0.05, 0) is 42.1 Å². The third-order valence-corrected chi connectivity index (χ3v) is 5.12. The van der Waals surface area contributed by atoms with Crippen molar-refractivity contribution in [3.8, 4) is 0 Å². The minimum absolute atomic E-state index is 0.819. The molecule has 2 aromatic rings. The minimum atomic E-state index is 0.819. The van der Waals surface area contributed by atoms with Gasteiger partial charge in [0.05, 0.1) is 0 Å². The summed E-state index contributed by atoms with van der Waals surface area (Å²) in [7, 11) is 0. The second-order valence-electron chi connectivity index (χ2n) is 5.27. The lowest BCUT2D eigenvalue weighted by atomic mass is 10.2. The number of anilines is 1. The van der Waals surface area contributed by atoms with E-state index in [1.165, 1.54) is 16.1 Å². The summed E-state index contributed by atoms with van der Waals surface area (Å²) in [6, 6.07) is 10.4. The highest BCUT2D eigenvalue weighted by Crippen LogP contribution is 2.22. The number of hydrogen-bond donors (Lipinski definition) is 0. The van der Waals surface area contributed by atoms with Crippen molar-refractivity contribution in [3.05, 3.63) is 51.2 Å². The van der Waals surface area contributed by atoms with Gasteiger partial charge < -0.3 is 4.90 Å². The van der Waals surface area contributed by atoms with Gasteiger partial charge in [-0.2, -0.15) is 0 Å². The highest BCUT2D eigenvalue weighted by atomic mass is 35.5. The first-order chi connectivity index (χ1) is 9.72. The van der Waals surface area contributed by atoms with Crippen molar-refractivity contribution in [2.75, 3.05) is 31.1 Å².